The van der Waals surface area contributed by atoms with Crippen LogP contribution in [0.2, 0.25) is 0 Å². The van der Waals surface area contributed by atoms with E-state index in [1.54, 1.807) is 0 Å². The molecule has 0 rings (SSSR count). The minimum atomic E-state index is -4.09. The smallest absolute Gasteiger partial charge is 0.306 e. The van der Waals surface area contributed by atoms with Gasteiger partial charge in [-0.1, -0.05) is 65.2 Å². The Labute approximate surface area is 141 Å². The molecule has 0 aliphatic rings. The molecule has 0 saturated carbocycles. The van der Waals surface area contributed by atoms with Crippen LogP contribution in [0.4, 0.5) is 0 Å². The van der Waals surface area contributed by atoms with Gasteiger partial charge in [0.15, 0.2) is 0 Å². The van der Waals surface area contributed by atoms with Crippen LogP contribution in [-0.2, 0) is 19.6 Å². The Balaban J connectivity index is 3.42. The summed E-state index contributed by atoms with van der Waals surface area (Å²) < 4.78 is 34.9. The number of ether oxygens (including phenoxy) is 1. The first-order valence-corrected chi connectivity index (χ1v) is 10.5. The van der Waals surface area contributed by atoms with E-state index in [0.717, 1.165) is 25.2 Å². The Morgan fingerprint density at radius 2 is 1.39 bits per heavy atom. The van der Waals surface area contributed by atoms with Crippen molar-refractivity contribution in [3.05, 3.63) is 0 Å². The molecule has 0 amide bonds. The third-order valence-electron chi connectivity index (χ3n) is 3.69. The van der Waals surface area contributed by atoms with Gasteiger partial charge in [-0.3, -0.25) is 9.35 Å². The molecule has 0 saturated heterocycles. The maximum atomic E-state index is 11.5. The number of hydrogen-bond acceptors (Lipinski definition) is 4. The van der Waals surface area contributed by atoms with Gasteiger partial charge in [-0.25, -0.2) is 0 Å². The predicted molar refractivity (Wildman–Crippen MR) is 93.0 cm³/mol. The van der Waals surface area contributed by atoms with Gasteiger partial charge in [0.05, 0.1) is 0 Å². The molecule has 0 spiro atoms. The zero-order chi connectivity index (χ0) is 17.7. The number of hydrogen-bond donors (Lipinski definition) is 1. The van der Waals surface area contributed by atoms with Gasteiger partial charge in [-0.2, -0.15) is 8.42 Å². The van der Waals surface area contributed by atoms with Crippen molar-refractivity contribution in [1.29, 1.82) is 0 Å². The van der Waals surface area contributed by atoms with Gasteiger partial charge in [-0.05, 0) is 19.3 Å². The van der Waals surface area contributed by atoms with E-state index in [4.69, 9.17) is 9.29 Å². The average Bonchev–Trinajstić information content (AvgIpc) is 2.38. The fourth-order valence-electron chi connectivity index (χ4n) is 2.50. The summed E-state index contributed by atoms with van der Waals surface area (Å²) >= 11 is 0. The first kappa shape index (κ1) is 22.4. The molecule has 0 radical (unpaired) electrons. The number of rotatable bonds is 14. The third-order valence-corrected chi connectivity index (χ3v) is 4.58. The van der Waals surface area contributed by atoms with Crippen molar-refractivity contribution in [3.8, 4) is 0 Å². The second-order valence-corrected chi connectivity index (χ2v) is 8.31. The normalized spacial score (nSPS) is 13.3. The van der Waals surface area contributed by atoms with Gasteiger partial charge in [0.25, 0.3) is 10.1 Å². The van der Waals surface area contributed by atoms with Crippen molar-refractivity contribution >= 4 is 16.1 Å². The topological polar surface area (TPSA) is 80.7 Å². The lowest BCUT2D eigenvalue weighted by Gasteiger charge is -2.11. The first-order valence-electron chi connectivity index (χ1n) is 8.85. The Morgan fingerprint density at radius 3 is 1.87 bits per heavy atom. The molecule has 0 heterocycles. The van der Waals surface area contributed by atoms with Gasteiger partial charge in [0.1, 0.15) is 11.9 Å². The maximum absolute atomic E-state index is 11.5. The molecule has 0 aromatic carbocycles. The third kappa shape index (κ3) is 17.6. The van der Waals surface area contributed by atoms with Crippen molar-refractivity contribution in [3.63, 3.8) is 0 Å². The molecule has 1 atom stereocenters. The molecule has 0 aliphatic carbocycles. The summed E-state index contributed by atoms with van der Waals surface area (Å²) in [6, 6.07) is 0. The molecule has 138 valence electrons. The summed E-state index contributed by atoms with van der Waals surface area (Å²) in [5.41, 5.74) is 0. The summed E-state index contributed by atoms with van der Waals surface area (Å²) in [4.78, 5) is 11.5. The van der Waals surface area contributed by atoms with Crippen LogP contribution in [0.1, 0.15) is 85.0 Å². The monoisotopic (exact) mass is 350 g/mol. The summed E-state index contributed by atoms with van der Waals surface area (Å²) in [7, 11) is -4.09. The molecule has 1 unspecified atom stereocenters. The largest absolute Gasteiger partial charge is 0.461 e. The molecule has 0 aromatic heterocycles. The molecule has 6 heteroatoms. The highest BCUT2D eigenvalue weighted by atomic mass is 32.2. The Hall–Kier alpha value is -0.620. The Bertz CT molecular complexity index is 403. The van der Waals surface area contributed by atoms with Gasteiger partial charge in [0.2, 0.25) is 0 Å². The lowest BCUT2D eigenvalue weighted by Crippen LogP contribution is -2.23. The van der Waals surface area contributed by atoms with E-state index in [9.17, 15) is 13.2 Å². The van der Waals surface area contributed by atoms with Gasteiger partial charge in [-0.15, -0.1) is 0 Å². The van der Waals surface area contributed by atoms with E-state index in [1.165, 1.54) is 45.4 Å². The van der Waals surface area contributed by atoms with Crippen molar-refractivity contribution < 1.29 is 22.5 Å². The van der Waals surface area contributed by atoms with E-state index >= 15 is 0 Å². The van der Waals surface area contributed by atoms with Crippen LogP contribution in [0.15, 0.2) is 0 Å². The Morgan fingerprint density at radius 1 is 0.913 bits per heavy atom. The van der Waals surface area contributed by atoms with Crippen LogP contribution in [-0.4, -0.2) is 30.8 Å². The molecule has 5 nitrogen and oxygen atoms in total. The molecule has 1 N–H and O–H groups in total. The van der Waals surface area contributed by atoms with E-state index in [2.05, 4.69) is 13.8 Å². The second-order valence-electron chi connectivity index (χ2n) is 6.81. The van der Waals surface area contributed by atoms with E-state index in [0.29, 0.717) is 6.42 Å². The van der Waals surface area contributed by atoms with E-state index in [1.807, 2.05) is 0 Å². The molecule has 0 aromatic rings. The molecular weight excluding hydrogens is 316 g/mol. The average molecular weight is 351 g/mol. The summed E-state index contributed by atoms with van der Waals surface area (Å²) in [5, 5.41) is 0. The van der Waals surface area contributed by atoms with Crippen LogP contribution in [0.3, 0.4) is 0 Å². The van der Waals surface area contributed by atoms with Crippen molar-refractivity contribution in [2.45, 2.75) is 91.1 Å². The minimum Gasteiger partial charge on any atom is -0.461 e. The maximum Gasteiger partial charge on any atom is 0.306 e. The lowest BCUT2D eigenvalue weighted by atomic mass is 10.0. The summed E-state index contributed by atoms with van der Waals surface area (Å²) in [6.07, 6.45) is 10.1. The van der Waals surface area contributed by atoms with Gasteiger partial charge < -0.3 is 4.74 Å². The van der Waals surface area contributed by atoms with E-state index < -0.39 is 27.9 Å². The highest BCUT2D eigenvalue weighted by Crippen LogP contribution is 2.13. The summed E-state index contributed by atoms with van der Waals surface area (Å²) in [5.74, 6) is -0.139. The summed E-state index contributed by atoms with van der Waals surface area (Å²) in [6.45, 7) is 5.98. The quantitative estimate of drug-likeness (QED) is 0.286. The molecule has 0 bridgehead atoms. The van der Waals surface area contributed by atoms with Gasteiger partial charge in [0, 0.05) is 6.42 Å². The fraction of sp³-hybridized carbons (Fsp3) is 0.941. The van der Waals surface area contributed by atoms with Crippen LogP contribution in [0, 0.1) is 5.92 Å². The van der Waals surface area contributed by atoms with E-state index in [-0.39, 0.29) is 0 Å². The number of carbonyl (C=O) groups excluding carboxylic acids is 1. The number of unbranched alkanes of at least 4 members (excludes halogenated alkanes) is 7. The van der Waals surface area contributed by atoms with Crippen LogP contribution in [0.5, 0.6) is 0 Å². The van der Waals surface area contributed by atoms with Gasteiger partial charge >= 0.3 is 5.97 Å². The van der Waals surface area contributed by atoms with Crippen LogP contribution >= 0.6 is 0 Å². The van der Waals surface area contributed by atoms with Crippen molar-refractivity contribution in [2.24, 2.45) is 5.92 Å². The highest BCUT2D eigenvalue weighted by molar-refractivity contribution is 7.85. The lowest BCUT2D eigenvalue weighted by molar-refractivity contribution is -0.147. The number of carbonyl (C=O) groups is 1. The first-order chi connectivity index (χ1) is 10.7. The minimum absolute atomic E-state index is 0.310. The SMILES string of the molecule is CC(C)CCCCCCCCCCC(=O)OC(C)CS(=O)(=O)O. The standard InChI is InChI=1S/C17H34O5S/c1-15(2)12-10-8-6-4-5-7-9-11-13-17(18)22-16(3)14-23(19,20)21/h15-16H,4-14H2,1-3H3,(H,19,20,21). The van der Waals surface area contributed by atoms with Crippen LogP contribution < -0.4 is 0 Å². The zero-order valence-corrected chi connectivity index (χ0v) is 15.7. The predicted octanol–water partition coefficient (Wildman–Crippen LogP) is 4.36. The molecule has 0 aliphatic heterocycles. The second kappa shape index (κ2) is 12.8. The Kier molecular flexibility index (Phi) is 12.4. The molecule has 0 fully saturated rings. The fourth-order valence-corrected chi connectivity index (χ4v) is 3.16. The van der Waals surface area contributed by atoms with Crippen molar-refractivity contribution in [1.82, 2.24) is 0 Å². The number of esters is 1. The zero-order valence-electron chi connectivity index (χ0n) is 14.9. The van der Waals surface area contributed by atoms with Crippen LogP contribution in [0.25, 0.3) is 0 Å². The molecular formula is C17H34O5S. The van der Waals surface area contributed by atoms with Crippen molar-refractivity contribution in [2.75, 3.05) is 5.75 Å². The highest BCUT2D eigenvalue weighted by Gasteiger charge is 2.16. The molecule has 23 heavy (non-hydrogen) atoms.